The summed E-state index contributed by atoms with van der Waals surface area (Å²) >= 11 is 0. The number of carbonyl (C=O) groups excluding carboxylic acids is 1. The zero-order chi connectivity index (χ0) is 32.1. The lowest BCUT2D eigenvalue weighted by Gasteiger charge is -2.64. The van der Waals surface area contributed by atoms with Crippen LogP contribution in [0.4, 0.5) is 10.6 Å². The normalized spacial score (nSPS) is 40.5. The molecule has 0 spiro atoms. The third-order valence-electron chi connectivity index (χ3n) is 13.6. The molecule has 5 aliphatic rings. The molecule has 252 valence electrons. The van der Waals surface area contributed by atoms with Crippen molar-refractivity contribution in [2.45, 2.75) is 115 Å². The smallest absolute Gasteiger partial charge is 0.421 e. The quantitative estimate of drug-likeness (QED) is 0.342. The molecule has 1 aromatic rings. The molecule has 0 aromatic carbocycles. The Labute approximate surface area is 270 Å². The highest BCUT2D eigenvalue weighted by atomic mass is 32.2. The second kappa shape index (κ2) is 12.6. The van der Waals surface area contributed by atoms with Gasteiger partial charge in [0.2, 0.25) is 0 Å². The van der Waals surface area contributed by atoms with E-state index in [0.29, 0.717) is 23.7 Å². The van der Waals surface area contributed by atoms with Crippen LogP contribution in [0.2, 0.25) is 0 Å². The van der Waals surface area contributed by atoms with E-state index < -0.39 is 16.1 Å². The van der Waals surface area contributed by atoms with Crippen molar-refractivity contribution in [3.05, 3.63) is 18.3 Å². The van der Waals surface area contributed by atoms with Crippen molar-refractivity contribution in [2.24, 2.45) is 52.3 Å². The van der Waals surface area contributed by atoms with E-state index in [1.165, 1.54) is 18.7 Å². The summed E-state index contributed by atoms with van der Waals surface area (Å²) in [6.45, 7) is 11.1. The largest absolute Gasteiger partial charge is 0.449 e. The maximum atomic E-state index is 12.9. The predicted molar refractivity (Wildman–Crippen MR) is 173 cm³/mol. The first-order valence-electron chi connectivity index (χ1n) is 17.7. The summed E-state index contributed by atoms with van der Waals surface area (Å²) in [4.78, 5) is 19.2. The molecule has 4 saturated carbocycles. The molecule has 1 aromatic heterocycles. The molecule has 11 atom stereocenters. The van der Waals surface area contributed by atoms with Gasteiger partial charge in [-0.05, 0) is 129 Å². The predicted octanol–water partition coefficient (Wildman–Crippen LogP) is 5.75. The van der Waals surface area contributed by atoms with Gasteiger partial charge in [-0.3, -0.25) is 0 Å². The Morgan fingerprint density at radius 2 is 1.76 bits per heavy atom. The number of ether oxygens (including phenoxy) is 1. The van der Waals surface area contributed by atoms with Gasteiger partial charge in [0.1, 0.15) is 10.7 Å². The van der Waals surface area contributed by atoms with Crippen molar-refractivity contribution in [2.75, 3.05) is 24.6 Å². The van der Waals surface area contributed by atoms with Crippen LogP contribution in [0, 0.1) is 52.3 Å². The third kappa shape index (κ3) is 5.90. The lowest BCUT2D eigenvalue weighted by atomic mass is 9.41. The first kappa shape index (κ1) is 33.0. The van der Waals surface area contributed by atoms with Crippen molar-refractivity contribution in [1.82, 2.24) is 9.71 Å². The molecule has 3 unspecified atom stereocenters. The van der Waals surface area contributed by atoms with Crippen LogP contribution in [0.15, 0.2) is 23.2 Å². The number of nitrogens with zero attached hydrogens (tertiary/aromatic N) is 2. The zero-order valence-electron chi connectivity index (χ0n) is 27.7. The number of hydrogen-bond acceptors (Lipinski definition) is 8. The Balaban J connectivity index is 1.08. The highest BCUT2D eigenvalue weighted by Crippen LogP contribution is 2.69. The molecule has 0 radical (unpaired) electrons. The van der Waals surface area contributed by atoms with Crippen LogP contribution in [0.25, 0.3) is 0 Å². The third-order valence-corrected chi connectivity index (χ3v) is 14.9. The fourth-order valence-corrected chi connectivity index (χ4v) is 12.1. The van der Waals surface area contributed by atoms with E-state index in [1.54, 1.807) is 6.07 Å². The van der Waals surface area contributed by atoms with Gasteiger partial charge in [0, 0.05) is 19.3 Å². The molecule has 4 aliphatic carbocycles. The number of rotatable bonds is 7. The number of fused-ring (bicyclic) bond motifs is 5. The summed E-state index contributed by atoms with van der Waals surface area (Å²) in [5.74, 6) is 2.86. The van der Waals surface area contributed by atoms with Gasteiger partial charge in [0.25, 0.3) is 10.0 Å². The highest BCUT2D eigenvalue weighted by molar-refractivity contribution is 7.90. The summed E-state index contributed by atoms with van der Waals surface area (Å²) in [6, 6.07) is 3.19. The van der Waals surface area contributed by atoms with Crippen LogP contribution < -0.4 is 9.62 Å². The average Bonchev–Trinajstić information content (AvgIpc) is 3.38. The number of piperidine rings is 1. The van der Waals surface area contributed by atoms with Gasteiger partial charge in [0.15, 0.2) is 0 Å². The highest BCUT2D eigenvalue weighted by Gasteiger charge is 2.65. The Kier molecular flexibility index (Phi) is 9.24. The topological polar surface area (TPSA) is 129 Å². The Morgan fingerprint density at radius 3 is 2.44 bits per heavy atom. The van der Waals surface area contributed by atoms with Crippen LogP contribution in [0.1, 0.15) is 98.3 Å². The van der Waals surface area contributed by atoms with E-state index in [0.717, 1.165) is 83.1 Å². The second-order valence-electron chi connectivity index (χ2n) is 15.7. The molecule has 1 amide bonds. The Bertz CT molecular complexity index is 1320. The van der Waals surface area contributed by atoms with Crippen LogP contribution in [-0.2, 0) is 14.8 Å². The SMILES string of the molecule is CC[C@@H]1C2C[C@H](O)CCC2(C)[C@H]2CCC3(C)[C@@H]([C@H](C)COC(=O)NS(=O)(=O)c4ccc(N5CCCCC5)nc4)CC[C@H]3[C@H]2[C@@H]1O. The summed E-state index contributed by atoms with van der Waals surface area (Å²) in [5, 5.41) is 22.5. The molecular formula is C35H55N3O6S. The lowest BCUT2D eigenvalue weighted by Crippen LogP contribution is -2.62. The minimum Gasteiger partial charge on any atom is -0.449 e. The molecule has 10 heteroatoms. The number of anilines is 1. The van der Waals surface area contributed by atoms with Gasteiger partial charge in [0.05, 0.1) is 18.8 Å². The van der Waals surface area contributed by atoms with E-state index >= 15 is 0 Å². The minimum atomic E-state index is -4.10. The molecule has 9 nitrogen and oxygen atoms in total. The first-order chi connectivity index (χ1) is 21.4. The number of aromatic nitrogens is 1. The first-order valence-corrected chi connectivity index (χ1v) is 19.1. The van der Waals surface area contributed by atoms with Gasteiger partial charge < -0.3 is 19.8 Å². The average molecular weight is 646 g/mol. The number of nitrogens with one attached hydrogen (secondary N) is 1. The number of aliphatic hydroxyl groups excluding tert-OH is 2. The number of amides is 1. The van der Waals surface area contributed by atoms with Gasteiger partial charge >= 0.3 is 6.09 Å². The number of carbonyl (C=O) groups is 1. The summed E-state index contributed by atoms with van der Waals surface area (Å²) in [6.07, 6.45) is 11.0. The van der Waals surface area contributed by atoms with E-state index in [4.69, 9.17) is 4.74 Å². The van der Waals surface area contributed by atoms with Crippen molar-refractivity contribution < 1.29 is 28.2 Å². The van der Waals surface area contributed by atoms with E-state index in [1.807, 2.05) is 0 Å². The van der Waals surface area contributed by atoms with Gasteiger partial charge in [-0.25, -0.2) is 22.9 Å². The maximum Gasteiger partial charge on any atom is 0.421 e. The number of aliphatic hydroxyl groups is 2. The second-order valence-corrected chi connectivity index (χ2v) is 17.4. The Morgan fingerprint density at radius 1 is 1.04 bits per heavy atom. The fourth-order valence-electron chi connectivity index (χ4n) is 11.3. The number of pyridine rings is 1. The van der Waals surface area contributed by atoms with Gasteiger partial charge in [-0.15, -0.1) is 0 Å². The molecule has 6 rings (SSSR count). The van der Waals surface area contributed by atoms with E-state index in [-0.39, 0.29) is 52.3 Å². The molecule has 0 bridgehead atoms. The monoisotopic (exact) mass is 645 g/mol. The van der Waals surface area contributed by atoms with Gasteiger partial charge in [-0.2, -0.15) is 0 Å². The molecule has 5 fully saturated rings. The summed E-state index contributed by atoms with van der Waals surface area (Å²) in [5.41, 5.74) is 0.190. The molecular weight excluding hydrogens is 590 g/mol. The van der Waals surface area contributed by atoms with Crippen molar-refractivity contribution in [1.29, 1.82) is 0 Å². The Hall–Kier alpha value is -1.91. The molecule has 1 saturated heterocycles. The molecule has 2 heterocycles. The molecule has 45 heavy (non-hydrogen) atoms. The zero-order valence-corrected chi connectivity index (χ0v) is 28.5. The summed E-state index contributed by atoms with van der Waals surface area (Å²) in [7, 11) is -4.10. The van der Waals surface area contributed by atoms with Crippen molar-refractivity contribution in [3.8, 4) is 0 Å². The van der Waals surface area contributed by atoms with Crippen molar-refractivity contribution >= 4 is 21.9 Å². The van der Waals surface area contributed by atoms with Gasteiger partial charge in [-0.1, -0.05) is 34.1 Å². The summed E-state index contributed by atoms with van der Waals surface area (Å²) < 4.78 is 33.5. The number of sulfonamides is 1. The molecule has 3 N–H and O–H groups in total. The fraction of sp³-hybridized carbons (Fsp3) is 0.829. The van der Waals surface area contributed by atoms with Crippen LogP contribution in [0.3, 0.4) is 0 Å². The van der Waals surface area contributed by atoms with Crippen LogP contribution in [0.5, 0.6) is 0 Å². The maximum absolute atomic E-state index is 12.9. The van der Waals surface area contributed by atoms with E-state index in [9.17, 15) is 23.4 Å². The lowest BCUT2D eigenvalue weighted by molar-refractivity contribution is -0.203. The van der Waals surface area contributed by atoms with Crippen LogP contribution >= 0.6 is 0 Å². The molecule has 1 aliphatic heterocycles. The minimum absolute atomic E-state index is 0.0327. The van der Waals surface area contributed by atoms with Crippen molar-refractivity contribution in [3.63, 3.8) is 0 Å². The van der Waals surface area contributed by atoms with E-state index in [2.05, 4.69) is 42.3 Å². The number of hydrogen-bond donors (Lipinski definition) is 3. The standard InChI is InChI=1S/C35H55N3O6S/c1-5-25-29-19-23(39)13-15-35(29,4)28-14-16-34(3)26(10-11-27(34)31(28)32(25)40)22(2)21-44-33(41)37-45(42,43)24-9-12-30(36-20-24)38-17-7-6-8-18-38/h9,12,20,22-23,25-29,31-32,39-40H,5-8,10-11,13-19,21H2,1-4H3,(H,37,41)/t22-,23-,25-,26-,27+,28+,29?,31-,32-,34?,35?/m1/s1. The van der Waals surface area contributed by atoms with Crippen LogP contribution in [-0.4, -0.2) is 61.6 Å².